The third kappa shape index (κ3) is 7.31. The summed E-state index contributed by atoms with van der Waals surface area (Å²) in [7, 11) is 1.45. The van der Waals surface area contributed by atoms with Gasteiger partial charge < -0.3 is 19.9 Å². The van der Waals surface area contributed by atoms with Crippen LogP contribution in [0, 0.1) is 19.3 Å². The second-order valence-corrected chi connectivity index (χ2v) is 8.85. The number of methoxy groups -OCH3 is 1. The number of aryl methyl sites for hydroxylation is 3. The SMILES string of the molecule is COc1cc(CC(=O)NC(CCc2ccc(C)c(C)c2)OC(=O)C(C)(C)C)ccc1O. The molecular formula is C25H33NO5. The highest BCUT2D eigenvalue weighted by Gasteiger charge is 2.27. The standard InChI is InChI=1S/C25H33NO5/c1-16-7-8-18(13-17(16)2)10-12-23(31-24(29)25(3,4)5)26-22(28)15-19-9-11-20(27)21(14-19)30-6/h7-9,11,13-14,23,27H,10,12,15H2,1-6H3,(H,26,28). The van der Waals surface area contributed by atoms with Gasteiger partial charge in [0, 0.05) is 6.42 Å². The molecule has 1 atom stereocenters. The van der Waals surface area contributed by atoms with E-state index < -0.39 is 11.6 Å². The van der Waals surface area contributed by atoms with Crippen LogP contribution < -0.4 is 10.1 Å². The van der Waals surface area contributed by atoms with Crippen molar-refractivity contribution in [2.45, 2.75) is 60.1 Å². The number of amides is 1. The Kier molecular flexibility index (Phi) is 8.08. The Morgan fingerprint density at radius 3 is 2.32 bits per heavy atom. The number of hydrogen-bond donors (Lipinski definition) is 2. The third-order valence-corrected chi connectivity index (χ3v) is 5.06. The van der Waals surface area contributed by atoms with Gasteiger partial charge in [0.05, 0.1) is 18.9 Å². The van der Waals surface area contributed by atoms with E-state index in [1.54, 1.807) is 32.9 Å². The van der Waals surface area contributed by atoms with Crippen LogP contribution in [-0.4, -0.2) is 30.3 Å². The van der Waals surface area contributed by atoms with E-state index in [0.717, 1.165) is 5.56 Å². The Morgan fingerprint density at radius 1 is 1.03 bits per heavy atom. The molecule has 0 saturated carbocycles. The predicted octanol–water partition coefficient (Wildman–Crippen LogP) is 4.22. The molecule has 31 heavy (non-hydrogen) atoms. The molecule has 6 nitrogen and oxygen atoms in total. The van der Waals surface area contributed by atoms with Crippen LogP contribution in [0.4, 0.5) is 0 Å². The Labute approximate surface area is 184 Å². The molecule has 0 saturated heterocycles. The minimum absolute atomic E-state index is 0.0111. The van der Waals surface area contributed by atoms with Gasteiger partial charge in [0.2, 0.25) is 5.91 Å². The highest BCUT2D eigenvalue weighted by molar-refractivity contribution is 5.80. The molecule has 0 fully saturated rings. The monoisotopic (exact) mass is 427 g/mol. The molecule has 2 aromatic carbocycles. The molecule has 0 radical (unpaired) electrons. The maximum Gasteiger partial charge on any atom is 0.313 e. The number of carbonyl (C=O) groups is 2. The normalized spacial score (nSPS) is 12.2. The fourth-order valence-corrected chi connectivity index (χ4v) is 2.97. The first-order valence-corrected chi connectivity index (χ1v) is 10.4. The van der Waals surface area contributed by atoms with Crippen molar-refractivity contribution < 1.29 is 24.2 Å². The Morgan fingerprint density at radius 2 is 1.71 bits per heavy atom. The highest BCUT2D eigenvalue weighted by atomic mass is 16.6. The molecule has 0 aliphatic rings. The number of carbonyl (C=O) groups excluding carboxylic acids is 2. The summed E-state index contributed by atoms with van der Waals surface area (Å²) < 4.78 is 10.7. The number of rotatable bonds is 8. The van der Waals surface area contributed by atoms with Crippen LogP contribution in [0.1, 0.15) is 49.4 Å². The van der Waals surface area contributed by atoms with Gasteiger partial charge >= 0.3 is 5.97 Å². The Balaban J connectivity index is 2.08. The van der Waals surface area contributed by atoms with E-state index in [1.807, 2.05) is 0 Å². The van der Waals surface area contributed by atoms with E-state index in [2.05, 4.69) is 37.4 Å². The average Bonchev–Trinajstić information content (AvgIpc) is 2.69. The van der Waals surface area contributed by atoms with Crippen molar-refractivity contribution in [1.29, 1.82) is 0 Å². The van der Waals surface area contributed by atoms with E-state index in [9.17, 15) is 14.7 Å². The average molecular weight is 428 g/mol. The van der Waals surface area contributed by atoms with E-state index in [-0.39, 0.29) is 24.0 Å². The molecule has 2 aromatic rings. The molecule has 2 rings (SSSR count). The molecule has 0 aliphatic carbocycles. The maximum atomic E-state index is 12.6. The molecule has 1 unspecified atom stereocenters. The minimum Gasteiger partial charge on any atom is -0.504 e. The van der Waals surface area contributed by atoms with E-state index in [1.165, 1.54) is 24.3 Å². The molecule has 0 aromatic heterocycles. The zero-order chi connectivity index (χ0) is 23.2. The summed E-state index contributed by atoms with van der Waals surface area (Å²) in [6.45, 7) is 9.45. The fraction of sp³-hybridized carbons (Fsp3) is 0.440. The topological polar surface area (TPSA) is 84.9 Å². The first kappa shape index (κ1) is 24.3. The molecule has 0 heterocycles. The lowest BCUT2D eigenvalue weighted by atomic mass is 9.97. The smallest absolute Gasteiger partial charge is 0.313 e. The molecule has 2 N–H and O–H groups in total. The summed E-state index contributed by atoms with van der Waals surface area (Å²) in [4.78, 5) is 25.1. The van der Waals surface area contributed by atoms with Crippen LogP contribution in [-0.2, 0) is 27.2 Å². The van der Waals surface area contributed by atoms with Crippen LogP contribution in [0.3, 0.4) is 0 Å². The van der Waals surface area contributed by atoms with Crippen LogP contribution >= 0.6 is 0 Å². The van der Waals surface area contributed by atoms with Crippen molar-refractivity contribution >= 4 is 11.9 Å². The lowest BCUT2D eigenvalue weighted by Gasteiger charge is -2.24. The number of phenols is 1. The second-order valence-electron chi connectivity index (χ2n) is 8.85. The Hall–Kier alpha value is -3.02. The molecule has 0 aliphatic heterocycles. The number of ether oxygens (including phenoxy) is 2. The number of benzene rings is 2. The van der Waals surface area contributed by atoms with Crippen molar-refractivity contribution in [1.82, 2.24) is 5.32 Å². The van der Waals surface area contributed by atoms with Crippen molar-refractivity contribution in [2.24, 2.45) is 5.41 Å². The quantitative estimate of drug-likeness (QED) is 0.487. The predicted molar refractivity (Wildman–Crippen MR) is 120 cm³/mol. The van der Waals surface area contributed by atoms with Gasteiger partial charge in [0.25, 0.3) is 0 Å². The second kappa shape index (κ2) is 10.3. The first-order chi connectivity index (χ1) is 14.5. The van der Waals surface area contributed by atoms with Crippen LogP contribution in [0.2, 0.25) is 0 Å². The van der Waals surface area contributed by atoms with Gasteiger partial charge in [-0.15, -0.1) is 0 Å². The summed E-state index contributed by atoms with van der Waals surface area (Å²) in [5.41, 5.74) is 3.55. The minimum atomic E-state index is -0.736. The zero-order valence-corrected chi connectivity index (χ0v) is 19.2. The van der Waals surface area contributed by atoms with Crippen molar-refractivity contribution in [2.75, 3.05) is 7.11 Å². The lowest BCUT2D eigenvalue weighted by molar-refractivity contribution is -0.161. The molecular weight excluding hydrogens is 394 g/mol. The van der Waals surface area contributed by atoms with E-state index >= 15 is 0 Å². The van der Waals surface area contributed by atoms with Gasteiger partial charge in [-0.2, -0.15) is 0 Å². The number of hydrogen-bond acceptors (Lipinski definition) is 5. The lowest BCUT2D eigenvalue weighted by Crippen LogP contribution is -2.41. The zero-order valence-electron chi connectivity index (χ0n) is 19.2. The molecule has 0 bridgehead atoms. The van der Waals surface area contributed by atoms with Crippen molar-refractivity contribution in [3.05, 3.63) is 58.7 Å². The summed E-state index contributed by atoms with van der Waals surface area (Å²) in [5, 5.41) is 12.6. The summed E-state index contributed by atoms with van der Waals surface area (Å²) in [6.07, 6.45) is 0.467. The summed E-state index contributed by atoms with van der Waals surface area (Å²) in [5.74, 6) is -0.337. The first-order valence-electron chi connectivity index (χ1n) is 10.4. The van der Waals surface area contributed by atoms with E-state index in [4.69, 9.17) is 9.47 Å². The van der Waals surface area contributed by atoms with Gasteiger partial charge in [0.15, 0.2) is 17.7 Å². The molecule has 0 spiro atoms. The number of phenolic OH excluding ortho intramolecular Hbond substituents is 1. The third-order valence-electron chi connectivity index (χ3n) is 5.06. The molecule has 6 heteroatoms. The summed E-state index contributed by atoms with van der Waals surface area (Å²) in [6, 6.07) is 11.0. The van der Waals surface area contributed by atoms with Crippen LogP contribution in [0.5, 0.6) is 11.5 Å². The Bertz CT molecular complexity index is 930. The van der Waals surface area contributed by atoms with Crippen molar-refractivity contribution in [3.63, 3.8) is 0 Å². The maximum absolute atomic E-state index is 12.6. The van der Waals surface area contributed by atoms with Gasteiger partial charge in [-0.25, -0.2) is 0 Å². The van der Waals surface area contributed by atoms with Gasteiger partial charge in [-0.1, -0.05) is 24.3 Å². The van der Waals surface area contributed by atoms with Gasteiger partial charge in [-0.05, 0) is 75.4 Å². The summed E-state index contributed by atoms with van der Waals surface area (Å²) >= 11 is 0. The molecule has 1 amide bonds. The number of nitrogens with one attached hydrogen (secondary N) is 1. The van der Waals surface area contributed by atoms with Gasteiger partial charge in [0.1, 0.15) is 0 Å². The number of aromatic hydroxyl groups is 1. The van der Waals surface area contributed by atoms with Crippen LogP contribution in [0.25, 0.3) is 0 Å². The van der Waals surface area contributed by atoms with E-state index in [0.29, 0.717) is 24.2 Å². The largest absolute Gasteiger partial charge is 0.504 e. The van der Waals surface area contributed by atoms with Crippen molar-refractivity contribution in [3.8, 4) is 11.5 Å². The highest BCUT2D eigenvalue weighted by Crippen LogP contribution is 2.26. The number of esters is 1. The van der Waals surface area contributed by atoms with Gasteiger partial charge in [-0.3, -0.25) is 9.59 Å². The fourth-order valence-electron chi connectivity index (χ4n) is 2.97. The van der Waals surface area contributed by atoms with Crippen LogP contribution in [0.15, 0.2) is 36.4 Å². The molecule has 168 valence electrons.